The van der Waals surface area contributed by atoms with Gasteiger partial charge in [0, 0.05) is 12.5 Å². The molecule has 0 aliphatic rings. The lowest BCUT2D eigenvalue weighted by Gasteiger charge is -2.06. The molecule has 0 spiro atoms. The quantitative estimate of drug-likeness (QED) is 0.622. The van der Waals surface area contributed by atoms with E-state index in [0.717, 1.165) is 5.56 Å². The average Bonchev–Trinajstić information content (AvgIpc) is 2.28. The van der Waals surface area contributed by atoms with Crippen LogP contribution in [0.1, 0.15) is 29.8 Å². The summed E-state index contributed by atoms with van der Waals surface area (Å²) >= 11 is 0. The maximum atomic E-state index is 11.3. The largest absolute Gasteiger partial charge is 0.481 e. The Balaban J connectivity index is 2.78. The zero-order chi connectivity index (χ0) is 13.0. The molecule has 0 aliphatic carbocycles. The van der Waals surface area contributed by atoms with Gasteiger partial charge in [0.25, 0.3) is 0 Å². The van der Waals surface area contributed by atoms with Crippen LogP contribution in [0.15, 0.2) is 24.3 Å². The predicted octanol–water partition coefficient (Wildman–Crippen LogP) is 1.72. The molecule has 0 saturated carbocycles. The fraction of sp³-hybridized carbons (Fsp3) is 0.308. The van der Waals surface area contributed by atoms with Gasteiger partial charge >= 0.3 is 5.97 Å². The number of Topliss-reactive ketones (excluding diaryl/α,β-unsaturated/α-hetero) is 2. The van der Waals surface area contributed by atoms with Crippen molar-refractivity contribution in [2.75, 3.05) is 0 Å². The Hall–Kier alpha value is -1.97. The van der Waals surface area contributed by atoms with E-state index < -0.39 is 23.5 Å². The van der Waals surface area contributed by atoms with Crippen LogP contribution in [0.25, 0.3) is 0 Å². The topological polar surface area (TPSA) is 71.4 Å². The van der Waals surface area contributed by atoms with Crippen molar-refractivity contribution < 1.29 is 19.5 Å². The van der Waals surface area contributed by atoms with Gasteiger partial charge in [0.15, 0.2) is 5.78 Å². The van der Waals surface area contributed by atoms with E-state index in [0.29, 0.717) is 12.0 Å². The number of carboxylic acids is 1. The van der Waals surface area contributed by atoms with Gasteiger partial charge in [-0.15, -0.1) is 0 Å². The first kappa shape index (κ1) is 13.1. The molecular weight excluding hydrogens is 220 g/mol. The Morgan fingerprint density at radius 1 is 1.18 bits per heavy atom. The normalized spacial score (nSPS) is 11.9. The van der Waals surface area contributed by atoms with Gasteiger partial charge in [-0.1, -0.05) is 31.2 Å². The smallest absolute Gasteiger partial charge is 0.306 e. The minimum Gasteiger partial charge on any atom is -0.481 e. The van der Waals surface area contributed by atoms with Gasteiger partial charge in [-0.25, -0.2) is 0 Å². The summed E-state index contributed by atoms with van der Waals surface area (Å²) < 4.78 is 0. The summed E-state index contributed by atoms with van der Waals surface area (Å²) in [6.07, 6.45) is 0.407. The van der Waals surface area contributed by atoms with E-state index in [2.05, 4.69) is 0 Å². The molecule has 1 aromatic rings. The van der Waals surface area contributed by atoms with Crippen LogP contribution in [0.5, 0.6) is 0 Å². The molecule has 0 aliphatic heterocycles. The van der Waals surface area contributed by atoms with E-state index in [-0.39, 0.29) is 0 Å². The van der Waals surface area contributed by atoms with Crippen molar-refractivity contribution in [2.45, 2.75) is 20.3 Å². The summed E-state index contributed by atoms with van der Waals surface area (Å²) in [4.78, 5) is 32.9. The molecule has 1 rings (SSSR count). The zero-order valence-corrected chi connectivity index (χ0v) is 9.77. The summed E-state index contributed by atoms with van der Waals surface area (Å²) in [7, 11) is 0. The van der Waals surface area contributed by atoms with Crippen LogP contribution in [0, 0.1) is 5.92 Å². The Kier molecular flexibility index (Phi) is 4.15. The van der Waals surface area contributed by atoms with Gasteiger partial charge in [0.2, 0.25) is 5.78 Å². The van der Waals surface area contributed by atoms with Crippen LogP contribution in [-0.2, 0) is 16.0 Å². The second kappa shape index (κ2) is 5.39. The van der Waals surface area contributed by atoms with Crippen molar-refractivity contribution in [3.05, 3.63) is 35.4 Å². The molecule has 0 bridgehead atoms. The first-order valence-corrected chi connectivity index (χ1v) is 5.29. The summed E-state index contributed by atoms with van der Waals surface area (Å²) in [6.45, 7) is 2.85. The van der Waals surface area contributed by atoms with E-state index in [4.69, 9.17) is 5.11 Å². The minimum absolute atomic E-state index is 0.337. The second-order valence-electron chi connectivity index (χ2n) is 4.03. The van der Waals surface area contributed by atoms with Crippen molar-refractivity contribution in [2.24, 2.45) is 5.92 Å². The van der Waals surface area contributed by atoms with Crippen LogP contribution >= 0.6 is 0 Å². The molecule has 0 amide bonds. The van der Waals surface area contributed by atoms with Crippen LogP contribution < -0.4 is 0 Å². The highest BCUT2D eigenvalue weighted by molar-refractivity contribution is 6.42. The fourth-order valence-electron chi connectivity index (χ4n) is 1.44. The monoisotopic (exact) mass is 234 g/mol. The van der Waals surface area contributed by atoms with E-state index in [9.17, 15) is 14.4 Å². The molecule has 17 heavy (non-hydrogen) atoms. The van der Waals surface area contributed by atoms with E-state index in [1.54, 1.807) is 31.2 Å². The summed E-state index contributed by atoms with van der Waals surface area (Å²) in [5.41, 5.74) is 1.17. The molecule has 4 heteroatoms. The molecule has 0 saturated heterocycles. The minimum atomic E-state index is -0.853. The number of aliphatic carboxylic acids is 1. The summed E-state index contributed by atoms with van der Waals surface area (Å²) in [5.74, 6) is -2.35. The van der Waals surface area contributed by atoms with Gasteiger partial charge in [-0.2, -0.15) is 0 Å². The van der Waals surface area contributed by atoms with Crippen LogP contribution in [-0.4, -0.2) is 22.6 Å². The highest BCUT2D eigenvalue weighted by atomic mass is 16.4. The molecule has 0 fully saturated rings. The summed E-state index contributed by atoms with van der Waals surface area (Å²) in [6, 6.07) is 6.45. The van der Waals surface area contributed by atoms with Gasteiger partial charge in [-0.05, 0) is 12.0 Å². The molecule has 1 aromatic carbocycles. The van der Waals surface area contributed by atoms with E-state index in [1.165, 1.54) is 6.92 Å². The van der Waals surface area contributed by atoms with Crippen LogP contribution in [0.4, 0.5) is 0 Å². The lowest BCUT2D eigenvalue weighted by molar-refractivity contribution is -0.141. The molecule has 90 valence electrons. The SMILES string of the molecule is CC(=O)C(=O)c1ccc(CC(C)C(=O)O)cc1. The second-order valence-corrected chi connectivity index (χ2v) is 4.03. The zero-order valence-electron chi connectivity index (χ0n) is 9.77. The van der Waals surface area contributed by atoms with Crippen LogP contribution in [0.3, 0.4) is 0 Å². The first-order chi connectivity index (χ1) is 7.91. The van der Waals surface area contributed by atoms with E-state index in [1.807, 2.05) is 0 Å². The highest BCUT2D eigenvalue weighted by Gasteiger charge is 2.13. The Labute approximate surface area is 99.3 Å². The summed E-state index contributed by atoms with van der Waals surface area (Å²) in [5, 5.41) is 8.76. The number of hydrogen-bond acceptors (Lipinski definition) is 3. The lowest BCUT2D eigenvalue weighted by atomic mass is 9.99. The van der Waals surface area contributed by atoms with Gasteiger partial charge in [0.05, 0.1) is 5.92 Å². The standard InChI is InChI=1S/C13H14O4/c1-8(13(16)17)7-10-3-5-11(6-4-10)12(15)9(2)14/h3-6,8H,7H2,1-2H3,(H,16,17). The number of hydrogen-bond donors (Lipinski definition) is 1. The third-order valence-corrected chi connectivity index (χ3v) is 2.50. The molecule has 0 radical (unpaired) electrons. The maximum absolute atomic E-state index is 11.3. The maximum Gasteiger partial charge on any atom is 0.306 e. The Morgan fingerprint density at radius 2 is 1.71 bits per heavy atom. The van der Waals surface area contributed by atoms with E-state index >= 15 is 0 Å². The van der Waals surface area contributed by atoms with Crippen molar-refractivity contribution in [1.29, 1.82) is 0 Å². The van der Waals surface area contributed by atoms with Crippen molar-refractivity contribution >= 4 is 17.5 Å². The number of carboxylic acid groups (broad SMARTS) is 1. The number of ketones is 2. The van der Waals surface area contributed by atoms with Crippen molar-refractivity contribution in [3.8, 4) is 0 Å². The van der Waals surface area contributed by atoms with Crippen LogP contribution in [0.2, 0.25) is 0 Å². The number of carbonyl (C=O) groups excluding carboxylic acids is 2. The average molecular weight is 234 g/mol. The fourth-order valence-corrected chi connectivity index (χ4v) is 1.44. The molecule has 1 atom stereocenters. The molecule has 1 unspecified atom stereocenters. The van der Waals surface area contributed by atoms with Crippen molar-refractivity contribution in [3.63, 3.8) is 0 Å². The third-order valence-electron chi connectivity index (χ3n) is 2.50. The molecular formula is C13H14O4. The molecule has 0 heterocycles. The van der Waals surface area contributed by atoms with Gasteiger partial charge in [0.1, 0.15) is 0 Å². The predicted molar refractivity (Wildman–Crippen MR) is 62.0 cm³/mol. The lowest BCUT2D eigenvalue weighted by Crippen LogP contribution is -2.13. The number of rotatable bonds is 5. The number of carbonyl (C=O) groups is 3. The Morgan fingerprint density at radius 3 is 2.12 bits per heavy atom. The Bertz CT molecular complexity index is 445. The highest BCUT2D eigenvalue weighted by Crippen LogP contribution is 2.11. The number of benzene rings is 1. The third kappa shape index (κ3) is 3.52. The van der Waals surface area contributed by atoms with Gasteiger partial charge in [-0.3, -0.25) is 14.4 Å². The van der Waals surface area contributed by atoms with Gasteiger partial charge < -0.3 is 5.11 Å². The van der Waals surface area contributed by atoms with Crippen molar-refractivity contribution in [1.82, 2.24) is 0 Å². The molecule has 4 nitrogen and oxygen atoms in total. The molecule has 0 aromatic heterocycles. The molecule has 1 N–H and O–H groups in total. The first-order valence-electron chi connectivity index (χ1n) is 5.29.